The van der Waals surface area contributed by atoms with Crippen LogP contribution in [-0.2, 0) is 14.3 Å². The van der Waals surface area contributed by atoms with Gasteiger partial charge in [0.25, 0.3) is 0 Å². The van der Waals surface area contributed by atoms with Crippen molar-refractivity contribution >= 4 is 5.97 Å². The summed E-state index contributed by atoms with van der Waals surface area (Å²) in [6, 6.07) is 0. The Labute approximate surface area is 97.8 Å². The van der Waals surface area contributed by atoms with Crippen LogP contribution in [0.5, 0.6) is 0 Å². The number of carbonyl (C=O) groups excluding carboxylic acids is 1. The number of carbonyl (C=O) groups is 1. The highest BCUT2D eigenvalue weighted by Gasteiger charge is 2.36. The lowest BCUT2D eigenvalue weighted by Crippen LogP contribution is -2.40. The third-order valence-corrected chi connectivity index (χ3v) is 2.93. The highest BCUT2D eigenvalue weighted by Crippen LogP contribution is 2.33. The molecule has 0 aromatic carbocycles. The standard InChI is InChI=1S/C13H22O3/c1-3-5-11-15-13(16-12(14)4-2)9-7-6-8-10-13/h4H,2-3,5-11H2,1H3. The topological polar surface area (TPSA) is 35.5 Å². The summed E-state index contributed by atoms with van der Waals surface area (Å²) in [5, 5.41) is 0. The molecule has 0 heterocycles. The predicted molar refractivity (Wildman–Crippen MR) is 63.0 cm³/mol. The average molecular weight is 226 g/mol. The number of hydrogen-bond acceptors (Lipinski definition) is 3. The fourth-order valence-electron chi connectivity index (χ4n) is 1.99. The fraction of sp³-hybridized carbons (Fsp3) is 0.769. The number of esters is 1. The number of ether oxygens (including phenoxy) is 2. The zero-order valence-corrected chi connectivity index (χ0v) is 10.2. The zero-order valence-electron chi connectivity index (χ0n) is 10.2. The minimum atomic E-state index is -0.668. The van der Waals surface area contributed by atoms with E-state index in [-0.39, 0.29) is 5.97 Å². The third kappa shape index (κ3) is 3.97. The molecule has 3 nitrogen and oxygen atoms in total. The molecule has 0 radical (unpaired) electrons. The molecule has 0 saturated heterocycles. The van der Waals surface area contributed by atoms with Crippen LogP contribution in [-0.4, -0.2) is 18.4 Å². The Morgan fingerprint density at radius 2 is 2.06 bits per heavy atom. The van der Waals surface area contributed by atoms with Gasteiger partial charge in [0.15, 0.2) is 0 Å². The maximum absolute atomic E-state index is 11.3. The lowest BCUT2D eigenvalue weighted by molar-refractivity contribution is -0.240. The van der Waals surface area contributed by atoms with Gasteiger partial charge >= 0.3 is 5.97 Å². The highest BCUT2D eigenvalue weighted by atomic mass is 16.7. The molecule has 0 spiro atoms. The van der Waals surface area contributed by atoms with Gasteiger partial charge in [-0.3, -0.25) is 0 Å². The van der Waals surface area contributed by atoms with Gasteiger partial charge in [-0.15, -0.1) is 0 Å². The molecule has 0 aromatic rings. The predicted octanol–water partition coefficient (Wildman–Crippen LogP) is 3.19. The van der Waals surface area contributed by atoms with Crippen molar-refractivity contribution < 1.29 is 14.3 Å². The van der Waals surface area contributed by atoms with E-state index in [0.29, 0.717) is 6.61 Å². The summed E-state index contributed by atoms with van der Waals surface area (Å²) in [6.45, 7) is 6.21. The van der Waals surface area contributed by atoms with Crippen LogP contribution in [0.2, 0.25) is 0 Å². The Morgan fingerprint density at radius 1 is 1.38 bits per heavy atom. The molecule has 0 N–H and O–H groups in total. The van der Waals surface area contributed by atoms with Gasteiger partial charge in [0.2, 0.25) is 5.79 Å². The van der Waals surface area contributed by atoms with Gasteiger partial charge in [0, 0.05) is 18.9 Å². The Hall–Kier alpha value is -0.830. The molecule has 1 rings (SSSR count). The molecule has 1 aliphatic carbocycles. The molecule has 1 aliphatic rings. The van der Waals surface area contributed by atoms with E-state index >= 15 is 0 Å². The molecule has 1 fully saturated rings. The molecule has 16 heavy (non-hydrogen) atoms. The van der Waals surface area contributed by atoms with E-state index in [1.165, 1.54) is 12.5 Å². The number of hydrogen-bond donors (Lipinski definition) is 0. The first-order valence-electron chi connectivity index (χ1n) is 6.22. The highest BCUT2D eigenvalue weighted by molar-refractivity contribution is 5.81. The molecule has 92 valence electrons. The Morgan fingerprint density at radius 3 is 2.62 bits per heavy atom. The van der Waals surface area contributed by atoms with Crippen molar-refractivity contribution in [3.8, 4) is 0 Å². The lowest BCUT2D eigenvalue weighted by Gasteiger charge is -2.36. The summed E-state index contributed by atoms with van der Waals surface area (Å²) in [5.41, 5.74) is 0. The number of rotatable bonds is 6. The summed E-state index contributed by atoms with van der Waals surface area (Å²) in [5.74, 6) is -1.04. The van der Waals surface area contributed by atoms with E-state index in [4.69, 9.17) is 9.47 Å². The van der Waals surface area contributed by atoms with Crippen LogP contribution in [0.3, 0.4) is 0 Å². The fourth-order valence-corrected chi connectivity index (χ4v) is 1.99. The van der Waals surface area contributed by atoms with Crippen molar-refractivity contribution in [3.05, 3.63) is 12.7 Å². The SMILES string of the molecule is C=CC(=O)OC1(OCCCC)CCCCC1. The lowest BCUT2D eigenvalue weighted by atomic mass is 9.94. The van der Waals surface area contributed by atoms with Gasteiger partial charge < -0.3 is 9.47 Å². The van der Waals surface area contributed by atoms with Crippen molar-refractivity contribution in [1.29, 1.82) is 0 Å². The van der Waals surface area contributed by atoms with E-state index in [0.717, 1.165) is 38.5 Å². The van der Waals surface area contributed by atoms with Gasteiger partial charge in [0.1, 0.15) is 0 Å². The largest absolute Gasteiger partial charge is 0.430 e. The van der Waals surface area contributed by atoms with Crippen molar-refractivity contribution in [1.82, 2.24) is 0 Å². The molecule has 0 atom stereocenters. The second kappa shape index (κ2) is 6.69. The first kappa shape index (κ1) is 13.2. The smallest absolute Gasteiger partial charge is 0.332 e. The maximum atomic E-state index is 11.3. The molecule has 0 amide bonds. The summed E-state index contributed by atoms with van der Waals surface area (Å²) < 4.78 is 11.2. The van der Waals surface area contributed by atoms with Gasteiger partial charge in [-0.05, 0) is 19.3 Å². The van der Waals surface area contributed by atoms with Gasteiger partial charge in [-0.25, -0.2) is 4.79 Å². The second-order valence-electron chi connectivity index (χ2n) is 4.30. The molecule has 0 bridgehead atoms. The second-order valence-corrected chi connectivity index (χ2v) is 4.30. The first-order chi connectivity index (χ1) is 7.72. The molecular formula is C13H22O3. The van der Waals surface area contributed by atoms with E-state index in [2.05, 4.69) is 13.5 Å². The van der Waals surface area contributed by atoms with E-state index in [9.17, 15) is 4.79 Å². The van der Waals surface area contributed by atoms with Crippen LogP contribution in [0.1, 0.15) is 51.9 Å². The monoisotopic (exact) mass is 226 g/mol. The Bertz CT molecular complexity index is 229. The van der Waals surface area contributed by atoms with Crippen LogP contribution < -0.4 is 0 Å². The van der Waals surface area contributed by atoms with E-state index in [1.54, 1.807) is 0 Å². The summed E-state index contributed by atoms with van der Waals surface area (Å²) in [4.78, 5) is 11.3. The van der Waals surface area contributed by atoms with Crippen molar-refractivity contribution in [3.63, 3.8) is 0 Å². The van der Waals surface area contributed by atoms with E-state index in [1.807, 2.05) is 0 Å². The molecule has 0 aromatic heterocycles. The molecule has 3 heteroatoms. The summed E-state index contributed by atoms with van der Waals surface area (Å²) in [6.07, 6.45) is 8.27. The van der Waals surface area contributed by atoms with Crippen LogP contribution >= 0.6 is 0 Å². The summed E-state index contributed by atoms with van der Waals surface area (Å²) in [7, 11) is 0. The van der Waals surface area contributed by atoms with Crippen LogP contribution in [0.15, 0.2) is 12.7 Å². The minimum absolute atomic E-state index is 0.376. The van der Waals surface area contributed by atoms with Crippen LogP contribution in [0.25, 0.3) is 0 Å². The number of unbranched alkanes of at least 4 members (excludes halogenated alkanes) is 1. The third-order valence-electron chi connectivity index (χ3n) is 2.93. The van der Waals surface area contributed by atoms with Crippen LogP contribution in [0.4, 0.5) is 0 Å². The summed E-state index contributed by atoms with van der Waals surface area (Å²) >= 11 is 0. The van der Waals surface area contributed by atoms with E-state index < -0.39 is 5.79 Å². The minimum Gasteiger partial charge on any atom is -0.430 e. The zero-order chi connectivity index (χ0) is 11.9. The van der Waals surface area contributed by atoms with Crippen molar-refractivity contribution in [2.75, 3.05) is 6.61 Å². The molecule has 0 unspecified atom stereocenters. The van der Waals surface area contributed by atoms with Crippen molar-refractivity contribution in [2.45, 2.75) is 57.7 Å². The van der Waals surface area contributed by atoms with Gasteiger partial charge in [0.05, 0.1) is 6.61 Å². The molecule has 0 aliphatic heterocycles. The van der Waals surface area contributed by atoms with Crippen LogP contribution in [0, 0.1) is 0 Å². The quantitative estimate of drug-likeness (QED) is 0.302. The molecular weight excluding hydrogens is 204 g/mol. The maximum Gasteiger partial charge on any atom is 0.332 e. The average Bonchev–Trinajstić information content (AvgIpc) is 2.30. The molecule has 1 saturated carbocycles. The van der Waals surface area contributed by atoms with Gasteiger partial charge in [-0.1, -0.05) is 26.3 Å². The Kier molecular flexibility index (Phi) is 5.53. The van der Waals surface area contributed by atoms with Crippen molar-refractivity contribution in [2.24, 2.45) is 0 Å². The van der Waals surface area contributed by atoms with Gasteiger partial charge in [-0.2, -0.15) is 0 Å². The normalized spacial score (nSPS) is 19.1. The Balaban J connectivity index is 2.52. The first-order valence-corrected chi connectivity index (χ1v) is 6.22.